The van der Waals surface area contributed by atoms with Gasteiger partial charge in [0.15, 0.2) is 0 Å². The smallest absolute Gasteiger partial charge is 0.254 e. The van der Waals surface area contributed by atoms with Crippen molar-refractivity contribution in [2.24, 2.45) is 0 Å². The highest BCUT2D eigenvalue weighted by Gasteiger charge is 2.20. The molecule has 1 aromatic heterocycles. The van der Waals surface area contributed by atoms with E-state index < -0.39 is 0 Å². The number of benzene rings is 1. The summed E-state index contributed by atoms with van der Waals surface area (Å²) in [4.78, 5) is 21.5. The summed E-state index contributed by atoms with van der Waals surface area (Å²) >= 11 is 0. The van der Waals surface area contributed by atoms with Crippen molar-refractivity contribution in [3.8, 4) is 0 Å². The summed E-state index contributed by atoms with van der Waals surface area (Å²) < 4.78 is 0. The molecule has 0 fully saturated rings. The van der Waals surface area contributed by atoms with Gasteiger partial charge in [-0.2, -0.15) is 0 Å². The first-order valence-electron chi connectivity index (χ1n) is 8.62. The van der Waals surface area contributed by atoms with Crippen LogP contribution in [0.2, 0.25) is 0 Å². The second kappa shape index (κ2) is 8.48. The molecule has 1 heterocycles. The monoisotopic (exact) mass is 325 g/mol. The number of amides is 1. The molecule has 0 N–H and O–H groups in total. The van der Waals surface area contributed by atoms with Crippen LogP contribution in [-0.2, 0) is 6.54 Å². The summed E-state index contributed by atoms with van der Waals surface area (Å²) in [6, 6.07) is 13.9. The second-order valence-corrected chi connectivity index (χ2v) is 6.09. The van der Waals surface area contributed by atoms with Gasteiger partial charge in [-0.1, -0.05) is 30.3 Å². The first-order chi connectivity index (χ1) is 11.6. The third-order valence-corrected chi connectivity index (χ3v) is 4.16. The van der Waals surface area contributed by atoms with E-state index in [4.69, 9.17) is 0 Å². The predicted octanol–water partition coefficient (Wildman–Crippen LogP) is 3.98. The van der Waals surface area contributed by atoms with Gasteiger partial charge in [-0.3, -0.25) is 4.79 Å². The zero-order valence-corrected chi connectivity index (χ0v) is 15.1. The molecule has 0 unspecified atom stereocenters. The van der Waals surface area contributed by atoms with Gasteiger partial charge in [-0.05, 0) is 45.4 Å². The van der Waals surface area contributed by atoms with E-state index in [1.54, 1.807) is 12.3 Å². The van der Waals surface area contributed by atoms with Gasteiger partial charge < -0.3 is 9.80 Å². The molecule has 0 spiro atoms. The molecular formula is C20H27N3O. The molecule has 2 aromatic rings. The quantitative estimate of drug-likeness (QED) is 0.772. The van der Waals surface area contributed by atoms with Gasteiger partial charge in [0, 0.05) is 37.4 Å². The van der Waals surface area contributed by atoms with E-state index in [9.17, 15) is 4.79 Å². The predicted molar refractivity (Wildman–Crippen MR) is 99.2 cm³/mol. The van der Waals surface area contributed by atoms with Crippen LogP contribution in [0.25, 0.3) is 0 Å². The van der Waals surface area contributed by atoms with Crippen molar-refractivity contribution in [1.82, 2.24) is 9.88 Å². The number of carbonyl (C=O) groups excluding carboxylic acids is 1. The molecule has 1 aromatic carbocycles. The molecule has 0 aliphatic rings. The lowest BCUT2D eigenvalue weighted by molar-refractivity contribution is 0.0690. The normalized spacial score (nSPS) is 10.7. The average molecular weight is 325 g/mol. The van der Waals surface area contributed by atoms with Crippen molar-refractivity contribution in [3.63, 3.8) is 0 Å². The summed E-state index contributed by atoms with van der Waals surface area (Å²) in [6.07, 6.45) is 1.72. The molecule has 0 radical (unpaired) electrons. The fourth-order valence-corrected chi connectivity index (χ4v) is 2.71. The lowest BCUT2D eigenvalue weighted by Crippen LogP contribution is -2.36. The minimum absolute atomic E-state index is 0.0460. The Balaban J connectivity index is 2.25. The molecule has 0 aliphatic carbocycles. The largest absolute Gasteiger partial charge is 0.357 e. The molecular weight excluding hydrogens is 298 g/mol. The van der Waals surface area contributed by atoms with Crippen LogP contribution in [0.5, 0.6) is 0 Å². The Bertz CT molecular complexity index is 651. The van der Waals surface area contributed by atoms with Gasteiger partial charge in [-0.15, -0.1) is 0 Å². The first kappa shape index (κ1) is 18.0. The van der Waals surface area contributed by atoms with Crippen LogP contribution in [0, 0.1) is 0 Å². The van der Waals surface area contributed by atoms with E-state index in [1.165, 1.54) is 0 Å². The van der Waals surface area contributed by atoms with Crippen molar-refractivity contribution < 1.29 is 4.79 Å². The number of nitrogens with zero attached hydrogens (tertiary/aromatic N) is 3. The van der Waals surface area contributed by atoms with Gasteiger partial charge in [0.25, 0.3) is 5.91 Å². The minimum Gasteiger partial charge on any atom is -0.357 e. The van der Waals surface area contributed by atoms with E-state index in [2.05, 4.69) is 35.9 Å². The molecule has 0 saturated carbocycles. The average Bonchev–Trinajstić information content (AvgIpc) is 2.61. The van der Waals surface area contributed by atoms with Crippen molar-refractivity contribution in [2.45, 2.75) is 40.3 Å². The Kier molecular flexibility index (Phi) is 6.36. The van der Waals surface area contributed by atoms with Crippen molar-refractivity contribution >= 4 is 11.7 Å². The third kappa shape index (κ3) is 4.34. The lowest BCUT2D eigenvalue weighted by Gasteiger charge is -2.27. The fourth-order valence-electron chi connectivity index (χ4n) is 2.71. The Hall–Kier alpha value is -2.36. The SMILES string of the molecule is CCN(CC)c1cc(C(=O)N(Cc2ccccc2)C(C)C)ccn1. The zero-order valence-electron chi connectivity index (χ0n) is 15.1. The van der Waals surface area contributed by atoms with E-state index >= 15 is 0 Å². The molecule has 0 bridgehead atoms. The van der Waals surface area contributed by atoms with E-state index in [0.717, 1.165) is 24.5 Å². The van der Waals surface area contributed by atoms with Gasteiger partial charge in [-0.25, -0.2) is 4.98 Å². The number of aromatic nitrogens is 1. The summed E-state index contributed by atoms with van der Waals surface area (Å²) in [5, 5.41) is 0. The van der Waals surface area contributed by atoms with Crippen molar-refractivity contribution in [1.29, 1.82) is 0 Å². The number of pyridine rings is 1. The molecule has 128 valence electrons. The number of carbonyl (C=O) groups is 1. The maximum atomic E-state index is 13.0. The van der Waals surface area contributed by atoms with Gasteiger partial charge in [0.2, 0.25) is 0 Å². The third-order valence-electron chi connectivity index (χ3n) is 4.16. The molecule has 4 heteroatoms. The topological polar surface area (TPSA) is 36.4 Å². The van der Waals surface area contributed by atoms with E-state index in [0.29, 0.717) is 12.1 Å². The van der Waals surface area contributed by atoms with E-state index in [-0.39, 0.29) is 11.9 Å². The summed E-state index contributed by atoms with van der Waals surface area (Å²) in [7, 11) is 0. The highest BCUT2D eigenvalue weighted by molar-refractivity contribution is 5.95. The second-order valence-electron chi connectivity index (χ2n) is 6.09. The summed E-state index contributed by atoms with van der Waals surface area (Å²) in [6.45, 7) is 10.6. The Morgan fingerprint density at radius 2 is 1.75 bits per heavy atom. The highest BCUT2D eigenvalue weighted by Crippen LogP contribution is 2.17. The minimum atomic E-state index is 0.0460. The van der Waals surface area contributed by atoms with Crippen molar-refractivity contribution in [3.05, 3.63) is 59.8 Å². The van der Waals surface area contributed by atoms with Crippen LogP contribution in [0.1, 0.15) is 43.6 Å². The van der Waals surface area contributed by atoms with Crippen LogP contribution in [0.3, 0.4) is 0 Å². The van der Waals surface area contributed by atoms with Gasteiger partial charge in [0.05, 0.1) is 0 Å². The number of hydrogen-bond acceptors (Lipinski definition) is 3. The molecule has 0 aliphatic heterocycles. The number of hydrogen-bond donors (Lipinski definition) is 0. The highest BCUT2D eigenvalue weighted by atomic mass is 16.2. The van der Waals surface area contributed by atoms with Crippen LogP contribution in [-0.4, -0.2) is 34.9 Å². The Morgan fingerprint density at radius 3 is 2.33 bits per heavy atom. The first-order valence-corrected chi connectivity index (χ1v) is 8.62. The molecule has 4 nitrogen and oxygen atoms in total. The Labute approximate surface area is 145 Å². The summed E-state index contributed by atoms with van der Waals surface area (Å²) in [5.41, 5.74) is 1.83. The molecule has 0 atom stereocenters. The lowest BCUT2D eigenvalue weighted by atomic mass is 10.1. The van der Waals surface area contributed by atoms with Crippen LogP contribution < -0.4 is 4.90 Å². The standard InChI is InChI=1S/C20H27N3O/c1-5-22(6-2)19-14-18(12-13-21-19)20(24)23(16(3)4)15-17-10-8-7-9-11-17/h7-14,16H,5-6,15H2,1-4H3. The molecule has 1 amide bonds. The van der Waals surface area contributed by atoms with E-state index in [1.807, 2.05) is 43.0 Å². The molecule has 2 rings (SSSR count). The van der Waals surface area contributed by atoms with Crippen molar-refractivity contribution in [2.75, 3.05) is 18.0 Å². The maximum Gasteiger partial charge on any atom is 0.254 e. The fraction of sp³-hybridized carbons (Fsp3) is 0.400. The molecule has 0 saturated heterocycles. The molecule has 24 heavy (non-hydrogen) atoms. The summed E-state index contributed by atoms with van der Waals surface area (Å²) in [5.74, 6) is 0.902. The Morgan fingerprint density at radius 1 is 1.08 bits per heavy atom. The van der Waals surface area contributed by atoms with Gasteiger partial charge in [0.1, 0.15) is 5.82 Å². The van der Waals surface area contributed by atoms with Crippen LogP contribution >= 0.6 is 0 Å². The maximum absolute atomic E-state index is 13.0. The van der Waals surface area contributed by atoms with Crippen LogP contribution in [0.15, 0.2) is 48.7 Å². The number of rotatable bonds is 7. The van der Waals surface area contributed by atoms with Crippen LogP contribution in [0.4, 0.5) is 5.82 Å². The zero-order chi connectivity index (χ0) is 17.5. The van der Waals surface area contributed by atoms with Gasteiger partial charge >= 0.3 is 0 Å². The number of anilines is 1.